The van der Waals surface area contributed by atoms with Gasteiger partial charge in [-0.25, -0.2) is 15.0 Å². The van der Waals surface area contributed by atoms with Gasteiger partial charge < -0.3 is 31.0 Å². The fourth-order valence-electron chi connectivity index (χ4n) is 7.12. The van der Waals surface area contributed by atoms with Gasteiger partial charge >= 0.3 is 0 Å². The van der Waals surface area contributed by atoms with Crippen LogP contribution >= 0.6 is 0 Å². The van der Waals surface area contributed by atoms with Crippen LogP contribution in [0.3, 0.4) is 0 Å². The molecule has 2 saturated heterocycles. The van der Waals surface area contributed by atoms with Crippen LogP contribution in [0.25, 0.3) is 11.2 Å². The minimum Gasteiger partial charge on any atom is -0.397 e. The molecule has 1 amide bonds. The SMILES string of the molecule is CC(C)N(CC1OCC2(n3cnc4c(N)ncnc43)OC(C)(C)OC12)C1CC(CCC(=O)Nc2ccc(C(C)(C)C)cc2N)C1. The summed E-state index contributed by atoms with van der Waals surface area (Å²) in [5, 5.41) is 3.01. The third-order valence-electron chi connectivity index (χ3n) is 9.59. The van der Waals surface area contributed by atoms with E-state index in [-0.39, 0.29) is 23.5 Å². The van der Waals surface area contributed by atoms with Gasteiger partial charge in [-0.3, -0.25) is 14.3 Å². The molecule has 1 aromatic carbocycles. The Morgan fingerprint density at radius 3 is 2.62 bits per heavy atom. The van der Waals surface area contributed by atoms with Crippen molar-refractivity contribution in [1.29, 1.82) is 0 Å². The highest BCUT2D eigenvalue weighted by Crippen LogP contribution is 2.48. The van der Waals surface area contributed by atoms with E-state index in [9.17, 15) is 4.79 Å². The average molecular weight is 621 g/mol. The zero-order valence-electron chi connectivity index (χ0n) is 27.5. The Bertz CT molecular complexity index is 1560. The molecule has 3 atom stereocenters. The van der Waals surface area contributed by atoms with Crippen molar-refractivity contribution in [2.24, 2.45) is 5.92 Å². The van der Waals surface area contributed by atoms with E-state index >= 15 is 0 Å². The second-order valence-electron chi connectivity index (χ2n) is 14.7. The van der Waals surface area contributed by atoms with Crippen LogP contribution in [0.15, 0.2) is 30.9 Å². The van der Waals surface area contributed by atoms with E-state index in [4.69, 9.17) is 25.7 Å². The highest BCUT2D eigenvalue weighted by molar-refractivity contribution is 5.93. The summed E-state index contributed by atoms with van der Waals surface area (Å²) in [5.41, 5.74) is 15.0. The molecule has 3 aliphatic rings. The van der Waals surface area contributed by atoms with Crippen LogP contribution in [0.1, 0.15) is 79.7 Å². The lowest BCUT2D eigenvalue weighted by Gasteiger charge is -2.46. The molecule has 6 rings (SSSR count). The lowest BCUT2D eigenvalue weighted by molar-refractivity contribution is -0.206. The van der Waals surface area contributed by atoms with Crippen molar-refractivity contribution >= 4 is 34.3 Å². The zero-order valence-corrected chi connectivity index (χ0v) is 27.5. The summed E-state index contributed by atoms with van der Waals surface area (Å²) in [6.07, 6.45) is 5.96. The lowest BCUT2D eigenvalue weighted by atomic mass is 9.76. The van der Waals surface area contributed by atoms with E-state index in [1.54, 1.807) is 6.33 Å². The summed E-state index contributed by atoms with van der Waals surface area (Å²) in [6, 6.07) is 6.62. The molecule has 3 unspecified atom stereocenters. The highest BCUT2D eigenvalue weighted by Gasteiger charge is 2.63. The first kappa shape index (κ1) is 31.7. The van der Waals surface area contributed by atoms with Crippen molar-refractivity contribution in [3.63, 3.8) is 0 Å². The molecule has 2 aromatic heterocycles. The number of nitrogen functional groups attached to an aromatic ring is 2. The molecular formula is C33H48N8O4. The largest absolute Gasteiger partial charge is 0.397 e. The van der Waals surface area contributed by atoms with Gasteiger partial charge in [0, 0.05) is 25.0 Å². The molecule has 0 radical (unpaired) electrons. The van der Waals surface area contributed by atoms with E-state index in [1.807, 2.05) is 36.6 Å². The molecule has 244 valence electrons. The molecule has 45 heavy (non-hydrogen) atoms. The van der Waals surface area contributed by atoms with Crippen LogP contribution < -0.4 is 16.8 Å². The van der Waals surface area contributed by atoms with E-state index < -0.39 is 11.5 Å². The highest BCUT2D eigenvalue weighted by atomic mass is 16.8. The fraction of sp³-hybridized carbons (Fsp3) is 0.636. The molecule has 1 aliphatic carbocycles. The number of hydrogen-bond donors (Lipinski definition) is 3. The van der Waals surface area contributed by atoms with Gasteiger partial charge in [-0.05, 0) is 76.0 Å². The van der Waals surface area contributed by atoms with Crippen molar-refractivity contribution in [2.45, 2.75) is 115 Å². The number of benzene rings is 1. The second kappa shape index (κ2) is 11.5. The van der Waals surface area contributed by atoms with Gasteiger partial charge in [-0.2, -0.15) is 0 Å². The van der Waals surface area contributed by atoms with Gasteiger partial charge in [-0.1, -0.05) is 26.8 Å². The smallest absolute Gasteiger partial charge is 0.224 e. The first-order valence-corrected chi connectivity index (χ1v) is 16.1. The molecule has 5 N–H and O–H groups in total. The van der Waals surface area contributed by atoms with Crippen molar-refractivity contribution in [3.05, 3.63) is 36.4 Å². The van der Waals surface area contributed by atoms with Gasteiger partial charge in [0.15, 0.2) is 17.3 Å². The van der Waals surface area contributed by atoms with E-state index in [0.29, 0.717) is 65.9 Å². The van der Waals surface area contributed by atoms with Gasteiger partial charge in [0.2, 0.25) is 11.6 Å². The number of nitrogens with zero attached hydrogens (tertiary/aromatic N) is 5. The Labute approximate surface area is 265 Å². The summed E-state index contributed by atoms with van der Waals surface area (Å²) in [5.74, 6) is 0.0115. The maximum absolute atomic E-state index is 12.8. The Morgan fingerprint density at radius 1 is 1.18 bits per heavy atom. The van der Waals surface area contributed by atoms with Gasteiger partial charge in [-0.15, -0.1) is 0 Å². The number of aromatic nitrogens is 4. The van der Waals surface area contributed by atoms with E-state index in [2.05, 4.69) is 59.8 Å². The van der Waals surface area contributed by atoms with Crippen molar-refractivity contribution in [2.75, 3.05) is 29.9 Å². The Balaban J connectivity index is 1.06. The number of nitrogens with one attached hydrogen (secondary N) is 1. The molecule has 3 aromatic rings. The molecule has 0 spiro atoms. The standard InChI is InChI=1S/C33H48N8O4/c1-19(2)40(22-12-20(13-22)8-11-26(42)39-24-10-9-21(14-23(24)34)31(3,4)5)15-25-28-33(16-43-25,45-32(6,7)44-28)41-18-38-27-29(35)36-17-37-30(27)41/h9-10,14,17-20,22,25,28H,8,11-13,15-16,34H2,1-7H3,(H,39,42)(H2,35,36,37). The number of ether oxygens (including phenoxy) is 3. The van der Waals surface area contributed by atoms with Crippen molar-refractivity contribution < 1.29 is 19.0 Å². The summed E-state index contributed by atoms with van der Waals surface area (Å²) in [7, 11) is 0. The molecule has 2 aliphatic heterocycles. The van der Waals surface area contributed by atoms with Crippen LogP contribution in [0.2, 0.25) is 0 Å². The van der Waals surface area contributed by atoms with Crippen LogP contribution in [-0.2, 0) is 30.1 Å². The lowest BCUT2D eigenvalue weighted by Crippen LogP contribution is -2.53. The molecule has 3 fully saturated rings. The van der Waals surface area contributed by atoms with Crippen molar-refractivity contribution in [1.82, 2.24) is 24.4 Å². The minimum absolute atomic E-state index is 0.00216. The molecule has 4 heterocycles. The van der Waals surface area contributed by atoms with Crippen molar-refractivity contribution in [3.8, 4) is 0 Å². The number of anilines is 3. The normalized spacial score (nSPS) is 27.7. The number of imidazole rings is 1. The predicted molar refractivity (Wildman–Crippen MR) is 173 cm³/mol. The van der Waals surface area contributed by atoms with Crippen LogP contribution in [0.4, 0.5) is 17.2 Å². The van der Waals surface area contributed by atoms with Gasteiger partial charge in [0.1, 0.15) is 24.1 Å². The third-order valence-corrected chi connectivity index (χ3v) is 9.59. The number of carbonyl (C=O) groups excluding carboxylic acids is 1. The summed E-state index contributed by atoms with van der Waals surface area (Å²) >= 11 is 0. The predicted octanol–water partition coefficient (Wildman–Crippen LogP) is 4.40. The quantitative estimate of drug-likeness (QED) is 0.293. The average Bonchev–Trinajstić information content (AvgIpc) is 3.58. The Hall–Kier alpha value is -3.32. The number of amides is 1. The summed E-state index contributed by atoms with van der Waals surface area (Å²) in [4.78, 5) is 28.3. The number of nitrogens with two attached hydrogens (primary N) is 2. The fourth-order valence-corrected chi connectivity index (χ4v) is 7.12. The molecule has 12 nitrogen and oxygen atoms in total. The molecule has 0 bridgehead atoms. The zero-order chi connectivity index (χ0) is 32.3. The second-order valence-corrected chi connectivity index (χ2v) is 14.7. The monoisotopic (exact) mass is 620 g/mol. The molecular weight excluding hydrogens is 572 g/mol. The summed E-state index contributed by atoms with van der Waals surface area (Å²) in [6.45, 7) is 15.7. The number of carbonyl (C=O) groups is 1. The number of hydrogen-bond acceptors (Lipinski definition) is 10. The minimum atomic E-state index is -0.918. The molecule has 1 saturated carbocycles. The maximum Gasteiger partial charge on any atom is 0.224 e. The number of fused-ring (bicyclic) bond motifs is 2. The van der Waals surface area contributed by atoms with E-state index in [0.717, 1.165) is 24.8 Å². The Morgan fingerprint density at radius 2 is 1.93 bits per heavy atom. The van der Waals surface area contributed by atoms with Crippen LogP contribution in [0, 0.1) is 5.92 Å². The maximum atomic E-state index is 12.8. The van der Waals surface area contributed by atoms with Gasteiger partial charge in [0.05, 0.1) is 24.3 Å². The summed E-state index contributed by atoms with van der Waals surface area (Å²) < 4.78 is 21.4. The first-order chi connectivity index (χ1) is 21.2. The van der Waals surface area contributed by atoms with Crippen LogP contribution in [0.5, 0.6) is 0 Å². The Kier molecular flexibility index (Phi) is 8.08. The topological polar surface area (TPSA) is 156 Å². The van der Waals surface area contributed by atoms with Crippen LogP contribution in [-0.4, -0.2) is 73.6 Å². The molecule has 12 heteroatoms. The number of rotatable bonds is 9. The van der Waals surface area contributed by atoms with Gasteiger partial charge in [0.25, 0.3) is 0 Å². The van der Waals surface area contributed by atoms with E-state index in [1.165, 1.54) is 6.33 Å². The first-order valence-electron chi connectivity index (χ1n) is 16.1. The third kappa shape index (κ3) is 6.00.